The molecule has 1 saturated heterocycles. The molecular formula is C24H31N7. The number of benzene rings is 2. The van der Waals surface area contributed by atoms with E-state index in [4.69, 9.17) is 4.99 Å². The summed E-state index contributed by atoms with van der Waals surface area (Å²) >= 11 is 0. The van der Waals surface area contributed by atoms with Gasteiger partial charge in [0.2, 0.25) is 0 Å². The van der Waals surface area contributed by atoms with Gasteiger partial charge in [-0.2, -0.15) is 0 Å². The number of rotatable bonds is 6. The summed E-state index contributed by atoms with van der Waals surface area (Å²) < 4.78 is 2.00. The number of anilines is 1. The molecule has 1 aliphatic heterocycles. The number of guanidine groups is 1. The Bertz CT molecular complexity index is 1010. The first-order chi connectivity index (χ1) is 15.1. The second-order valence-electron chi connectivity index (χ2n) is 8.14. The first-order valence-corrected chi connectivity index (χ1v) is 10.8. The Morgan fingerprint density at radius 2 is 1.84 bits per heavy atom. The molecule has 0 bridgehead atoms. The van der Waals surface area contributed by atoms with Crippen molar-refractivity contribution in [2.45, 2.75) is 39.4 Å². The molecule has 1 unspecified atom stereocenters. The zero-order valence-corrected chi connectivity index (χ0v) is 18.5. The predicted molar refractivity (Wildman–Crippen MR) is 125 cm³/mol. The number of hydrogen-bond acceptors (Lipinski definition) is 4. The van der Waals surface area contributed by atoms with Crippen LogP contribution in [0.1, 0.15) is 29.2 Å². The number of hydrogen-bond donors (Lipinski definition) is 2. The third kappa shape index (κ3) is 5.42. The van der Waals surface area contributed by atoms with Crippen molar-refractivity contribution in [1.29, 1.82) is 0 Å². The minimum absolute atomic E-state index is 0.338. The first kappa shape index (κ1) is 20.9. The Labute approximate surface area is 184 Å². The smallest absolute Gasteiger partial charge is 0.192 e. The normalized spacial score (nSPS) is 16.5. The van der Waals surface area contributed by atoms with Crippen LogP contribution < -0.4 is 15.5 Å². The van der Waals surface area contributed by atoms with E-state index in [0.717, 1.165) is 37.1 Å². The Morgan fingerprint density at radius 1 is 1.06 bits per heavy atom. The Kier molecular flexibility index (Phi) is 6.50. The van der Waals surface area contributed by atoms with Crippen LogP contribution in [0.5, 0.6) is 0 Å². The molecule has 0 aliphatic carbocycles. The molecule has 2 aromatic carbocycles. The number of aliphatic imine (C=N–C) groups is 1. The maximum atomic E-state index is 4.84. The molecular weight excluding hydrogens is 386 g/mol. The fourth-order valence-electron chi connectivity index (χ4n) is 3.74. The Hall–Kier alpha value is -3.35. The van der Waals surface area contributed by atoms with Crippen LogP contribution in [-0.4, -0.2) is 39.9 Å². The summed E-state index contributed by atoms with van der Waals surface area (Å²) in [6.07, 6.45) is 1.07. The number of nitrogens with zero attached hydrogens (tertiary/aromatic N) is 5. The molecule has 0 saturated carbocycles. The minimum Gasteiger partial charge on any atom is -0.369 e. The van der Waals surface area contributed by atoms with Crippen LogP contribution in [-0.2, 0) is 20.1 Å². The highest BCUT2D eigenvalue weighted by atomic mass is 15.3. The van der Waals surface area contributed by atoms with Gasteiger partial charge in [-0.05, 0) is 38.0 Å². The molecule has 1 aliphatic rings. The van der Waals surface area contributed by atoms with Gasteiger partial charge >= 0.3 is 0 Å². The van der Waals surface area contributed by atoms with E-state index in [1.54, 1.807) is 0 Å². The van der Waals surface area contributed by atoms with Crippen LogP contribution in [0.2, 0.25) is 0 Å². The average molecular weight is 418 g/mol. The van der Waals surface area contributed by atoms with Gasteiger partial charge in [-0.3, -0.25) is 0 Å². The van der Waals surface area contributed by atoms with Crippen LogP contribution in [0, 0.1) is 13.8 Å². The first-order valence-electron chi connectivity index (χ1n) is 10.8. The van der Waals surface area contributed by atoms with Crippen molar-refractivity contribution >= 4 is 11.6 Å². The van der Waals surface area contributed by atoms with Crippen molar-refractivity contribution < 1.29 is 0 Å². The lowest BCUT2D eigenvalue weighted by Crippen LogP contribution is -2.44. The maximum Gasteiger partial charge on any atom is 0.192 e. The second-order valence-corrected chi connectivity index (χ2v) is 8.14. The lowest BCUT2D eigenvalue weighted by molar-refractivity contribution is 0.637. The maximum absolute atomic E-state index is 4.84. The quantitative estimate of drug-likeness (QED) is 0.477. The summed E-state index contributed by atoms with van der Waals surface area (Å²) in [4.78, 5) is 7.27. The predicted octanol–water partition coefficient (Wildman–Crippen LogP) is 2.95. The van der Waals surface area contributed by atoms with Gasteiger partial charge in [0.1, 0.15) is 5.82 Å². The van der Waals surface area contributed by atoms with E-state index < -0.39 is 0 Å². The number of aromatic nitrogens is 3. The van der Waals surface area contributed by atoms with Crippen molar-refractivity contribution in [3.63, 3.8) is 0 Å². The summed E-state index contributed by atoms with van der Waals surface area (Å²) in [5.74, 6) is 2.59. The van der Waals surface area contributed by atoms with Crippen LogP contribution in [0.3, 0.4) is 0 Å². The minimum atomic E-state index is 0.338. The SMILES string of the molecule is Cc1ccc(N2CCC(NC(=NCc3ccccc3)NCc3nnc(C)n3C)C2)cc1. The van der Waals surface area contributed by atoms with Crippen LogP contribution in [0.25, 0.3) is 0 Å². The molecule has 7 nitrogen and oxygen atoms in total. The molecule has 3 aromatic rings. The Morgan fingerprint density at radius 3 is 2.55 bits per heavy atom. The standard InChI is InChI=1S/C24H31N7/c1-18-9-11-22(12-10-18)31-14-13-21(17-31)27-24(25-15-20-7-5-4-6-8-20)26-16-23-29-28-19(2)30(23)3/h4-12,21H,13-17H2,1-3H3,(H2,25,26,27). The third-order valence-corrected chi connectivity index (χ3v) is 5.79. The monoisotopic (exact) mass is 417 g/mol. The molecule has 7 heteroatoms. The average Bonchev–Trinajstić information content (AvgIpc) is 3.38. The van der Waals surface area contributed by atoms with Gasteiger partial charge in [-0.15, -0.1) is 10.2 Å². The van der Waals surface area contributed by atoms with Gasteiger partial charge in [0.25, 0.3) is 0 Å². The van der Waals surface area contributed by atoms with E-state index in [-0.39, 0.29) is 0 Å². The van der Waals surface area contributed by atoms with Crippen LogP contribution in [0.4, 0.5) is 5.69 Å². The zero-order chi connectivity index (χ0) is 21.6. The van der Waals surface area contributed by atoms with Gasteiger partial charge < -0.3 is 20.1 Å². The molecule has 2 N–H and O–H groups in total. The molecule has 0 spiro atoms. The lowest BCUT2D eigenvalue weighted by Gasteiger charge is -2.21. The molecule has 1 atom stereocenters. The van der Waals surface area contributed by atoms with Crippen molar-refractivity contribution in [2.24, 2.45) is 12.0 Å². The zero-order valence-electron chi connectivity index (χ0n) is 18.5. The van der Waals surface area contributed by atoms with Gasteiger partial charge in [0.05, 0.1) is 13.1 Å². The summed E-state index contributed by atoms with van der Waals surface area (Å²) in [7, 11) is 1.98. The van der Waals surface area contributed by atoms with E-state index in [2.05, 4.69) is 69.1 Å². The highest BCUT2D eigenvalue weighted by Crippen LogP contribution is 2.20. The summed E-state index contributed by atoms with van der Waals surface area (Å²) in [6.45, 7) is 7.28. The highest BCUT2D eigenvalue weighted by Gasteiger charge is 2.23. The molecule has 0 amide bonds. The van der Waals surface area contributed by atoms with Crippen molar-refractivity contribution in [3.8, 4) is 0 Å². The van der Waals surface area contributed by atoms with E-state index >= 15 is 0 Å². The fourth-order valence-corrected chi connectivity index (χ4v) is 3.74. The fraction of sp³-hybridized carbons (Fsp3) is 0.375. The van der Waals surface area contributed by atoms with Crippen molar-refractivity contribution in [1.82, 2.24) is 25.4 Å². The molecule has 162 valence electrons. The number of aryl methyl sites for hydroxylation is 2. The third-order valence-electron chi connectivity index (χ3n) is 5.79. The van der Waals surface area contributed by atoms with Crippen LogP contribution >= 0.6 is 0 Å². The van der Waals surface area contributed by atoms with E-state index in [1.165, 1.54) is 16.8 Å². The molecule has 31 heavy (non-hydrogen) atoms. The second kappa shape index (κ2) is 9.64. The molecule has 0 radical (unpaired) electrons. The topological polar surface area (TPSA) is 70.4 Å². The molecule has 1 aromatic heterocycles. The van der Waals surface area contributed by atoms with Gasteiger partial charge in [-0.25, -0.2) is 4.99 Å². The van der Waals surface area contributed by atoms with Crippen molar-refractivity contribution in [2.75, 3.05) is 18.0 Å². The Balaban J connectivity index is 1.42. The van der Waals surface area contributed by atoms with Gasteiger partial charge in [-0.1, -0.05) is 48.0 Å². The number of nitrogens with one attached hydrogen (secondary N) is 2. The summed E-state index contributed by atoms with van der Waals surface area (Å²) in [5, 5.41) is 15.5. The van der Waals surface area contributed by atoms with Gasteiger partial charge in [0.15, 0.2) is 11.8 Å². The molecule has 1 fully saturated rings. The molecule has 4 rings (SSSR count). The highest BCUT2D eigenvalue weighted by molar-refractivity contribution is 5.80. The largest absolute Gasteiger partial charge is 0.369 e. The molecule has 2 heterocycles. The lowest BCUT2D eigenvalue weighted by atomic mass is 10.2. The van der Waals surface area contributed by atoms with E-state index in [9.17, 15) is 0 Å². The van der Waals surface area contributed by atoms with E-state index in [0.29, 0.717) is 19.1 Å². The van der Waals surface area contributed by atoms with E-state index in [1.807, 2.05) is 36.7 Å². The van der Waals surface area contributed by atoms with Crippen molar-refractivity contribution in [3.05, 3.63) is 77.4 Å². The van der Waals surface area contributed by atoms with Crippen LogP contribution in [0.15, 0.2) is 59.6 Å². The summed E-state index contributed by atoms with van der Waals surface area (Å²) in [6, 6.07) is 19.4. The summed E-state index contributed by atoms with van der Waals surface area (Å²) in [5.41, 5.74) is 3.75. The van der Waals surface area contributed by atoms with Gasteiger partial charge in [0, 0.05) is 31.9 Å².